The molecule has 0 atom stereocenters. The lowest BCUT2D eigenvalue weighted by Gasteiger charge is -2.20. The first-order chi connectivity index (χ1) is 6.67. The van der Waals surface area contributed by atoms with Gasteiger partial charge < -0.3 is 10.2 Å². The number of rotatable bonds is 4. The van der Waals surface area contributed by atoms with Crippen LogP contribution in [0, 0.1) is 6.92 Å². The van der Waals surface area contributed by atoms with Crippen molar-refractivity contribution in [1.29, 1.82) is 0 Å². The molecule has 0 bridgehead atoms. The summed E-state index contributed by atoms with van der Waals surface area (Å²) in [6.45, 7) is 5.22. The highest BCUT2D eigenvalue weighted by atomic mass is 15.2. The molecule has 0 heterocycles. The van der Waals surface area contributed by atoms with Gasteiger partial charge in [-0.05, 0) is 43.7 Å². The van der Waals surface area contributed by atoms with Gasteiger partial charge in [-0.15, -0.1) is 0 Å². The Labute approximate surface area is 86.9 Å². The van der Waals surface area contributed by atoms with E-state index in [0.29, 0.717) is 0 Å². The van der Waals surface area contributed by atoms with E-state index in [0.717, 1.165) is 13.1 Å². The van der Waals surface area contributed by atoms with Crippen LogP contribution >= 0.6 is 0 Å². The summed E-state index contributed by atoms with van der Waals surface area (Å²) in [5, 5.41) is 3.15. The molecule has 0 fully saturated rings. The Morgan fingerprint density at radius 2 is 2.00 bits per heavy atom. The fourth-order valence-electron chi connectivity index (χ4n) is 1.59. The van der Waals surface area contributed by atoms with E-state index >= 15 is 0 Å². The molecule has 0 unspecified atom stereocenters. The highest BCUT2D eigenvalue weighted by Crippen LogP contribution is 2.17. The Balaban J connectivity index is 2.90. The van der Waals surface area contributed by atoms with E-state index in [1.54, 1.807) is 0 Å². The van der Waals surface area contributed by atoms with Crippen LogP contribution in [0.25, 0.3) is 0 Å². The van der Waals surface area contributed by atoms with Gasteiger partial charge in [0.1, 0.15) is 0 Å². The Morgan fingerprint density at radius 1 is 1.29 bits per heavy atom. The van der Waals surface area contributed by atoms with Crippen LogP contribution in [0.2, 0.25) is 0 Å². The van der Waals surface area contributed by atoms with Gasteiger partial charge >= 0.3 is 0 Å². The second-order valence-electron chi connectivity index (χ2n) is 3.74. The maximum Gasteiger partial charge on any atom is 0.0676 e. The van der Waals surface area contributed by atoms with Crippen molar-refractivity contribution < 1.29 is 0 Å². The molecule has 0 aliphatic heterocycles. The van der Waals surface area contributed by atoms with E-state index in [1.807, 2.05) is 7.05 Å². The summed E-state index contributed by atoms with van der Waals surface area (Å²) in [6, 6.07) is 6.72. The maximum absolute atomic E-state index is 3.15. The number of aryl methyl sites for hydroxylation is 2. The van der Waals surface area contributed by atoms with Gasteiger partial charge in [-0.2, -0.15) is 0 Å². The van der Waals surface area contributed by atoms with Gasteiger partial charge in [-0.25, -0.2) is 0 Å². The van der Waals surface area contributed by atoms with E-state index in [4.69, 9.17) is 0 Å². The van der Waals surface area contributed by atoms with Crippen LogP contribution in [0.4, 0.5) is 5.69 Å². The molecule has 1 N–H and O–H groups in total. The third-order valence-corrected chi connectivity index (χ3v) is 2.37. The van der Waals surface area contributed by atoms with Crippen LogP contribution in [-0.2, 0) is 6.42 Å². The molecule has 78 valence electrons. The van der Waals surface area contributed by atoms with Crippen molar-refractivity contribution >= 4 is 5.69 Å². The van der Waals surface area contributed by atoms with Crippen LogP contribution in [0.1, 0.15) is 18.1 Å². The molecule has 0 aliphatic carbocycles. The number of nitrogens with zero attached hydrogens (tertiary/aromatic N) is 1. The Hall–Kier alpha value is -1.02. The minimum Gasteiger partial charge on any atom is -0.362 e. The molecule has 0 aromatic heterocycles. The number of anilines is 1. The lowest BCUT2D eigenvalue weighted by Crippen LogP contribution is -2.28. The quantitative estimate of drug-likeness (QED) is 0.735. The Morgan fingerprint density at radius 3 is 2.57 bits per heavy atom. The standard InChI is InChI=1S/C12H20N2/c1-5-11-6-10(2)7-12(8-11)14(4)9-13-3/h6-8,13H,5,9H2,1-4H3. The first-order valence-corrected chi connectivity index (χ1v) is 5.13. The van der Waals surface area contributed by atoms with Gasteiger partial charge in [0, 0.05) is 12.7 Å². The maximum atomic E-state index is 3.15. The third-order valence-electron chi connectivity index (χ3n) is 2.37. The van der Waals surface area contributed by atoms with Crippen molar-refractivity contribution in [2.75, 3.05) is 25.7 Å². The molecule has 2 heteroatoms. The van der Waals surface area contributed by atoms with Gasteiger partial charge in [-0.3, -0.25) is 0 Å². The molecule has 0 spiro atoms. The molecular formula is C12H20N2. The molecule has 1 aromatic carbocycles. The van der Waals surface area contributed by atoms with Crippen molar-refractivity contribution in [2.24, 2.45) is 0 Å². The van der Waals surface area contributed by atoms with Crippen LogP contribution in [0.5, 0.6) is 0 Å². The minimum absolute atomic E-state index is 0.882. The molecule has 0 saturated heterocycles. The van der Waals surface area contributed by atoms with Gasteiger partial charge in [0.05, 0.1) is 6.67 Å². The second kappa shape index (κ2) is 5.01. The molecule has 0 radical (unpaired) electrons. The number of hydrogen-bond acceptors (Lipinski definition) is 2. The first-order valence-electron chi connectivity index (χ1n) is 5.13. The molecular weight excluding hydrogens is 172 g/mol. The van der Waals surface area contributed by atoms with Crippen molar-refractivity contribution in [3.63, 3.8) is 0 Å². The first kappa shape index (κ1) is 11.1. The SMILES string of the molecule is CCc1cc(C)cc(N(C)CNC)c1. The number of benzene rings is 1. The lowest BCUT2D eigenvalue weighted by molar-refractivity contribution is 0.775. The summed E-state index contributed by atoms with van der Waals surface area (Å²) in [5.74, 6) is 0. The number of nitrogens with one attached hydrogen (secondary N) is 1. The van der Waals surface area contributed by atoms with Gasteiger partial charge in [0.2, 0.25) is 0 Å². The highest BCUT2D eigenvalue weighted by molar-refractivity contribution is 5.50. The number of hydrogen-bond donors (Lipinski definition) is 1. The third kappa shape index (κ3) is 2.74. The zero-order valence-corrected chi connectivity index (χ0v) is 9.59. The van der Waals surface area contributed by atoms with Crippen molar-refractivity contribution in [3.05, 3.63) is 29.3 Å². The summed E-state index contributed by atoms with van der Waals surface area (Å²) in [4.78, 5) is 2.21. The second-order valence-corrected chi connectivity index (χ2v) is 3.74. The monoisotopic (exact) mass is 192 g/mol. The molecule has 0 amide bonds. The van der Waals surface area contributed by atoms with Gasteiger partial charge in [-0.1, -0.05) is 13.0 Å². The average Bonchev–Trinajstić information content (AvgIpc) is 2.17. The minimum atomic E-state index is 0.882. The molecule has 14 heavy (non-hydrogen) atoms. The Kier molecular flexibility index (Phi) is 3.96. The normalized spacial score (nSPS) is 10.3. The lowest BCUT2D eigenvalue weighted by atomic mass is 10.1. The van der Waals surface area contributed by atoms with E-state index < -0.39 is 0 Å². The molecule has 0 aliphatic rings. The molecule has 1 aromatic rings. The molecule has 2 nitrogen and oxygen atoms in total. The zero-order chi connectivity index (χ0) is 10.6. The average molecular weight is 192 g/mol. The predicted octanol–water partition coefficient (Wildman–Crippen LogP) is 2.17. The molecule has 1 rings (SSSR count). The zero-order valence-electron chi connectivity index (χ0n) is 9.59. The van der Waals surface area contributed by atoms with Crippen molar-refractivity contribution in [1.82, 2.24) is 5.32 Å². The van der Waals surface area contributed by atoms with E-state index in [1.165, 1.54) is 16.8 Å². The van der Waals surface area contributed by atoms with Crippen LogP contribution in [-0.4, -0.2) is 20.8 Å². The molecule has 0 saturated carbocycles. The summed E-state index contributed by atoms with van der Waals surface area (Å²) >= 11 is 0. The van der Waals surface area contributed by atoms with E-state index in [9.17, 15) is 0 Å². The van der Waals surface area contributed by atoms with Crippen LogP contribution in [0.3, 0.4) is 0 Å². The van der Waals surface area contributed by atoms with Crippen LogP contribution in [0.15, 0.2) is 18.2 Å². The smallest absolute Gasteiger partial charge is 0.0676 e. The van der Waals surface area contributed by atoms with Gasteiger partial charge in [0.25, 0.3) is 0 Å². The Bertz CT molecular complexity index is 294. The summed E-state index contributed by atoms with van der Waals surface area (Å²) < 4.78 is 0. The van der Waals surface area contributed by atoms with Gasteiger partial charge in [0.15, 0.2) is 0 Å². The summed E-state index contributed by atoms with van der Waals surface area (Å²) in [5.41, 5.74) is 4.03. The summed E-state index contributed by atoms with van der Waals surface area (Å²) in [6.07, 6.45) is 1.10. The fraction of sp³-hybridized carbons (Fsp3) is 0.500. The largest absolute Gasteiger partial charge is 0.362 e. The fourth-order valence-corrected chi connectivity index (χ4v) is 1.59. The van der Waals surface area contributed by atoms with Crippen LogP contribution < -0.4 is 10.2 Å². The predicted molar refractivity (Wildman–Crippen MR) is 62.9 cm³/mol. The van der Waals surface area contributed by atoms with E-state index in [2.05, 4.69) is 49.3 Å². The highest BCUT2D eigenvalue weighted by Gasteiger charge is 2.01. The van der Waals surface area contributed by atoms with Crippen molar-refractivity contribution in [3.8, 4) is 0 Å². The topological polar surface area (TPSA) is 15.3 Å². The van der Waals surface area contributed by atoms with Crippen molar-refractivity contribution in [2.45, 2.75) is 20.3 Å². The van der Waals surface area contributed by atoms with E-state index in [-0.39, 0.29) is 0 Å². The summed E-state index contributed by atoms with van der Waals surface area (Å²) in [7, 11) is 4.07.